The lowest BCUT2D eigenvalue weighted by Gasteiger charge is -2.20. The number of hydrogen-bond acceptors (Lipinski definition) is 5. The molecule has 0 saturated carbocycles. The van der Waals surface area contributed by atoms with Crippen molar-refractivity contribution in [3.8, 4) is 0 Å². The Morgan fingerprint density at radius 1 is 1.43 bits per heavy atom. The molecule has 2 rings (SSSR count). The van der Waals surface area contributed by atoms with Crippen LogP contribution in [-0.2, 0) is 14.2 Å². The van der Waals surface area contributed by atoms with Crippen LogP contribution in [0, 0.1) is 4.91 Å². The molecule has 0 aromatic carbocycles. The molecule has 5 heteroatoms. The number of hydrogen-bond donors (Lipinski definition) is 0. The summed E-state index contributed by atoms with van der Waals surface area (Å²) in [5, 5.41) is 2.95. The number of rotatable bonds is 2. The van der Waals surface area contributed by atoms with E-state index in [1.54, 1.807) is 6.92 Å². The predicted molar refractivity (Wildman–Crippen MR) is 48.6 cm³/mol. The summed E-state index contributed by atoms with van der Waals surface area (Å²) in [4.78, 5) is 10.3. The van der Waals surface area contributed by atoms with Gasteiger partial charge in [0.1, 0.15) is 12.1 Å². The van der Waals surface area contributed by atoms with Crippen molar-refractivity contribution in [2.75, 3.05) is 0 Å². The molecule has 2 aliphatic rings. The first-order valence-corrected chi connectivity index (χ1v) is 4.85. The Kier molecular flexibility index (Phi) is 2.33. The third-order valence-electron chi connectivity index (χ3n) is 2.62. The van der Waals surface area contributed by atoms with Crippen LogP contribution in [-0.4, -0.2) is 30.3 Å². The van der Waals surface area contributed by atoms with Crippen LogP contribution in [0.15, 0.2) is 5.18 Å². The van der Waals surface area contributed by atoms with Gasteiger partial charge < -0.3 is 14.2 Å². The maximum absolute atomic E-state index is 10.3. The molecule has 0 radical (unpaired) electrons. The van der Waals surface area contributed by atoms with Crippen LogP contribution >= 0.6 is 0 Å². The molecule has 0 aliphatic carbocycles. The van der Waals surface area contributed by atoms with Crippen LogP contribution < -0.4 is 0 Å². The molecule has 2 saturated heterocycles. The van der Waals surface area contributed by atoms with E-state index in [-0.39, 0.29) is 24.5 Å². The number of fused-ring (bicyclic) bond motifs is 1. The monoisotopic (exact) mass is 201 g/mol. The number of ether oxygens (including phenoxy) is 3. The Bertz CT molecular complexity index is 227. The van der Waals surface area contributed by atoms with E-state index in [2.05, 4.69) is 5.18 Å². The number of nitroso groups, excluding NO2 is 1. The second-order valence-corrected chi connectivity index (χ2v) is 4.30. The Balaban J connectivity index is 1.96. The second-order valence-electron chi connectivity index (χ2n) is 4.30. The lowest BCUT2D eigenvalue weighted by atomic mass is 10.1. The van der Waals surface area contributed by atoms with Gasteiger partial charge in [-0.25, -0.2) is 0 Å². The molecular weight excluding hydrogens is 186 g/mol. The summed E-state index contributed by atoms with van der Waals surface area (Å²) in [7, 11) is 0. The minimum absolute atomic E-state index is 0.0563. The maximum Gasteiger partial charge on any atom is 0.187 e. The van der Waals surface area contributed by atoms with Gasteiger partial charge in [-0.2, -0.15) is 4.91 Å². The van der Waals surface area contributed by atoms with Crippen molar-refractivity contribution in [2.24, 2.45) is 5.18 Å². The third-order valence-corrected chi connectivity index (χ3v) is 2.62. The summed E-state index contributed by atoms with van der Waals surface area (Å²) in [5.74, 6) is -0.571. The molecule has 0 aromatic heterocycles. The molecule has 0 N–H and O–H groups in total. The Morgan fingerprint density at radius 3 is 2.71 bits per heavy atom. The topological polar surface area (TPSA) is 57.1 Å². The van der Waals surface area contributed by atoms with Gasteiger partial charge in [-0.1, -0.05) is 5.18 Å². The average Bonchev–Trinajstić information content (AvgIpc) is 2.56. The summed E-state index contributed by atoms with van der Waals surface area (Å²) >= 11 is 0. The van der Waals surface area contributed by atoms with Gasteiger partial charge >= 0.3 is 0 Å². The lowest BCUT2D eigenvalue weighted by Crippen LogP contribution is -2.28. The normalized spacial score (nSPS) is 42.1. The summed E-state index contributed by atoms with van der Waals surface area (Å²) < 4.78 is 16.6. The fourth-order valence-corrected chi connectivity index (χ4v) is 1.91. The van der Waals surface area contributed by atoms with Crippen LogP contribution in [0.3, 0.4) is 0 Å². The second kappa shape index (κ2) is 3.25. The van der Waals surface area contributed by atoms with Crippen LogP contribution in [0.1, 0.15) is 27.2 Å². The fraction of sp³-hybridized carbons (Fsp3) is 1.00. The summed E-state index contributed by atoms with van der Waals surface area (Å²) in [6, 6.07) is -0.337. The third kappa shape index (κ3) is 1.67. The van der Waals surface area contributed by atoms with E-state index in [0.717, 1.165) is 0 Å². The average molecular weight is 201 g/mol. The first kappa shape index (κ1) is 10.0. The molecule has 2 heterocycles. The van der Waals surface area contributed by atoms with Gasteiger partial charge in [0, 0.05) is 6.42 Å². The molecule has 0 spiro atoms. The highest BCUT2D eigenvalue weighted by molar-refractivity contribution is 4.89. The molecule has 0 aromatic rings. The van der Waals surface area contributed by atoms with Crippen molar-refractivity contribution in [1.29, 1.82) is 0 Å². The van der Waals surface area contributed by atoms with Gasteiger partial charge in [-0.3, -0.25) is 0 Å². The van der Waals surface area contributed by atoms with Crippen molar-refractivity contribution < 1.29 is 14.2 Å². The van der Waals surface area contributed by atoms with E-state index in [4.69, 9.17) is 14.2 Å². The van der Waals surface area contributed by atoms with Gasteiger partial charge in [0.15, 0.2) is 12.1 Å². The first-order valence-electron chi connectivity index (χ1n) is 4.85. The zero-order valence-corrected chi connectivity index (χ0v) is 8.60. The van der Waals surface area contributed by atoms with E-state index >= 15 is 0 Å². The molecule has 5 nitrogen and oxygen atoms in total. The smallest absolute Gasteiger partial charge is 0.187 e. The van der Waals surface area contributed by atoms with Crippen molar-refractivity contribution in [1.82, 2.24) is 0 Å². The van der Waals surface area contributed by atoms with Crippen molar-refractivity contribution >= 4 is 0 Å². The minimum Gasteiger partial charge on any atom is -0.344 e. The number of nitrogens with zero attached hydrogens (tertiary/aromatic N) is 1. The lowest BCUT2D eigenvalue weighted by molar-refractivity contribution is -0.206. The fourth-order valence-electron chi connectivity index (χ4n) is 1.91. The zero-order valence-electron chi connectivity index (χ0n) is 8.60. The molecular formula is C9H15NO4. The van der Waals surface area contributed by atoms with E-state index in [9.17, 15) is 4.91 Å². The van der Waals surface area contributed by atoms with Gasteiger partial charge in [-0.15, -0.1) is 0 Å². The van der Waals surface area contributed by atoms with Gasteiger partial charge in [0.05, 0.1) is 6.10 Å². The summed E-state index contributed by atoms with van der Waals surface area (Å²) in [6.07, 6.45) is 0.123. The minimum atomic E-state index is -0.571. The van der Waals surface area contributed by atoms with Crippen molar-refractivity contribution in [2.45, 2.75) is 57.5 Å². The zero-order chi connectivity index (χ0) is 10.3. The van der Waals surface area contributed by atoms with E-state index in [1.165, 1.54) is 0 Å². The van der Waals surface area contributed by atoms with Gasteiger partial charge in [0.2, 0.25) is 0 Å². The summed E-state index contributed by atoms with van der Waals surface area (Å²) in [6.45, 7) is 5.44. The molecule has 80 valence electrons. The molecule has 14 heavy (non-hydrogen) atoms. The van der Waals surface area contributed by atoms with Crippen LogP contribution in [0.25, 0.3) is 0 Å². The van der Waals surface area contributed by atoms with Crippen LogP contribution in [0.2, 0.25) is 0 Å². The predicted octanol–water partition coefficient (Wildman–Crippen LogP) is 1.41. The highest BCUT2D eigenvalue weighted by Gasteiger charge is 2.49. The highest BCUT2D eigenvalue weighted by Crippen LogP contribution is 2.38. The van der Waals surface area contributed by atoms with Crippen molar-refractivity contribution in [3.05, 3.63) is 4.91 Å². The first-order chi connectivity index (χ1) is 6.52. The molecule has 2 aliphatic heterocycles. The Morgan fingerprint density at radius 2 is 2.14 bits per heavy atom. The van der Waals surface area contributed by atoms with Crippen LogP contribution in [0.4, 0.5) is 0 Å². The van der Waals surface area contributed by atoms with Gasteiger partial charge in [0.25, 0.3) is 0 Å². The molecule has 4 atom stereocenters. The van der Waals surface area contributed by atoms with E-state index in [0.29, 0.717) is 6.42 Å². The molecule has 1 unspecified atom stereocenters. The van der Waals surface area contributed by atoms with Gasteiger partial charge in [-0.05, 0) is 20.8 Å². The standard InChI is InChI=1S/C9H15NO4/c1-5(10-11)6-4-7-8(12-6)14-9(2,3)13-7/h5-8H,4H2,1-3H3/t5?,6-,7-,8-/m0/s1. The SMILES string of the molecule is CC(N=O)[C@@H]1C[C@@H]2OC(C)(C)O[C@@H]2O1. The highest BCUT2D eigenvalue weighted by atomic mass is 16.8. The molecule has 0 amide bonds. The van der Waals surface area contributed by atoms with Crippen LogP contribution in [0.5, 0.6) is 0 Å². The van der Waals surface area contributed by atoms with E-state index < -0.39 is 5.79 Å². The van der Waals surface area contributed by atoms with E-state index in [1.807, 2.05) is 13.8 Å². The molecule has 2 fully saturated rings. The Hall–Kier alpha value is -0.520. The van der Waals surface area contributed by atoms with Crippen molar-refractivity contribution in [3.63, 3.8) is 0 Å². The quantitative estimate of drug-likeness (QED) is 0.634. The Labute approximate surface area is 82.7 Å². The summed E-state index contributed by atoms with van der Waals surface area (Å²) in [5.41, 5.74) is 0. The molecule has 0 bridgehead atoms. The largest absolute Gasteiger partial charge is 0.344 e. The maximum atomic E-state index is 10.3.